The van der Waals surface area contributed by atoms with E-state index in [4.69, 9.17) is 16.7 Å². The molecule has 0 bridgehead atoms. The third kappa shape index (κ3) is 4.75. The number of halogens is 2. The van der Waals surface area contributed by atoms with Crippen molar-refractivity contribution in [2.75, 3.05) is 5.32 Å². The van der Waals surface area contributed by atoms with E-state index in [2.05, 4.69) is 10.6 Å². The molecular formula is C12H14ClFN2O3. The Kier molecular flexibility index (Phi) is 5.57. The van der Waals surface area contributed by atoms with Crippen molar-refractivity contribution < 1.29 is 19.1 Å². The topological polar surface area (TPSA) is 78.4 Å². The molecule has 3 N–H and O–H groups in total. The molecule has 0 radical (unpaired) electrons. The van der Waals surface area contributed by atoms with E-state index in [1.54, 1.807) is 6.92 Å². The van der Waals surface area contributed by atoms with Gasteiger partial charge in [0, 0.05) is 0 Å². The van der Waals surface area contributed by atoms with E-state index in [1.165, 1.54) is 6.07 Å². The molecule has 0 aliphatic heterocycles. The van der Waals surface area contributed by atoms with Gasteiger partial charge in [-0.2, -0.15) is 0 Å². The molecule has 0 unspecified atom stereocenters. The summed E-state index contributed by atoms with van der Waals surface area (Å²) in [5, 5.41) is 13.6. The van der Waals surface area contributed by atoms with E-state index in [0.717, 1.165) is 12.1 Å². The fourth-order valence-corrected chi connectivity index (χ4v) is 1.62. The number of anilines is 1. The van der Waals surface area contributed by atoms with Crippen LogP contribution in [-0.2, 0) is 4.79 Å². The van der Waals surface area contributed by atoms with Crippen LogP contribution in [0.5, 0.6) is 0 Å². The Labute approximate surface area is 114 Å². The average molecular weight is 289 g/mol. The van der Waals surface area contributed by atoms with Crippen molar-refractivity contribution in [3.63, 3.8) is 0 Å². The third-order valence-electron chi connectivity index (χ3n) is 2.36. The molecule has 104 valence electrons. The SMILES string of the molecule is CCC[C@H](NC(=O)Nc1cc(F)ccc1Cl)C(=O)O. The molecule has 0 aliphatic carbocycles. The summed E-state index contributed by atoms with van der Waals surface area (Å²) in [6.07, 6.45) is 0.914. The van der Waals surface area contributed by atoms with E-state index in [1.807, 2.05) is 0 Å². The van der Waals surface area contributed by atoms with Crippen molar-refractivity contribution >= 4 is 29.3 Å². The zero-order valence-electron chi connectivity index (χ0n) is 10.2. The highest BCUT2D eigenvalue weighted by molar-refractivity contribution is 6.33. The second kappa shape index (κ2) is 6.94. The summed E-state index contributed by atoms with van der Waals surface area (Å²) in [6, 6.07) is 1.78. The number of carbonyl (C=O) groups is 2. The lowest BCUT2D eigenvalue weighted by Crippen LogP contribution is -2.42. The molecule has 2 amide bonds. The van der Waals surface area contributed by atoms with Crippen LogP contribution in [0.15, 0.2) is 18.2 Å². The molecule has 0 fully saturated rings. The summed E-state index contributed by atoms with van der Waals surface area (Å²) in [5.74, 6) is -1.68. The predicted octanol–water partition coefficient (Wildman–Crippen LogP) is 2.85. The average Bonchev–Trinajstić information content (AvgIpc) is 2.33. The first-order valence-corrected chi connectivity index (χ1v) is 6.07. The Hall–Kier alpha value is -1.82. The van der Waals surface area contributed by atoms with Crippen LogP contribution in [0.1, 0.15) is 19.8 Å². The molecule has 0 saturated heterocycles. The largest absolute Gasteiger partial charge is 0.480 e. The molecule has 0 aliphatic rings. The first kappa shape index (κ1) is 15.2. The Morgan fingerprint density at radius 1 is 1.47 bits per heavy atom. The van der Waals surface area contributed by atoms with Crippen LogP contribution >= 0.6 is 11.6 Å². The van der Waals surface area contributed by atoms with E-state index in [9.17, 15) is 14.0 Å². The first-order chi connectivity index (χ1) is 8.93. The maximum absolute atomic E-state index is 13.0. The van der Waals surface area contributed by atoms with Gasteiger partial charge in [-0.3, -0.25) is 0 Å². The number of nitrogens with one attached hydrogen (secondary N) is 2. The molecule has 1 atom stereocenters. The first-order valence-electron chi connectivity index (χ1n) is 5.69. The molecule has 19 heavy (non-hydrogen) atoms. The van der Waals surface area contributed by atoms with Gasteiger partial charge in [0.05, 0.1) is 10.7 Å². The summed E-state index contributed by atoms with van der Waals surface area (Å²) < 4.78 is 13.0. The highest BCUT2D eigenvalue weighted by Crippen LogP contribution is 2.22. The summed E-state index contributed by atoms with van der Waals surface area (Å²) in [5.41, 5.74) is 0.0832. The minimum Gasteiger partial charge on any atom is -0.480 e. The van der Waals surface area contributed by atoms with Crippen LogP contribution in [0.4, 0.5) is 14.9 Å². The lowest BCUT2D eigenvalue weighted by atomic mass is 10.2. The number of carboxylic acids is 1. The number of urea groups is 1. The lowest BCUT2D eigenvalue weighted by Gasteiger charge is -2.14. The number of carboxylic acid groups (broad SMARTS) is 1. The molecule has 0 spiro atoms. The third-order valence-corrected chi connectivity index (χ3v) is 2.69. The lowest BCUT2D eigenvalue weighted by molar-refractivity contribution is -0.139. The second-order valence-corrected chi connectivity index (χ2v) is 4.31. The zero-order valence-corrected chi connectivity index (χ0v) is 11.0. The molecule has 0 saturated carbocycles. The molecule has 1 rings (SSSR count). The van der Waals surface area contributed by atoms with Crippen LogP contribution in [0, 0.1) is 5.82 Å². The van der Waals surface area contributed by atoms with Gasteiger partial charge in [0.1, 0.15) is 11.9 Å². The maximum atomic E-state index is 13.0. The Balaban J connectivity index is 2.68. The predicted molar refractivity (Wildman–Crippen MR) is 69.9 cm³/mol. The van der Waals surface area contributed by atoms with Crippen molar-refractivity contribution in [2.24, 2.45) is 0 Å². The van der Waals surface area contributed by atoms with Gasteiger partial charge in [0.25, 0.3) is 0 Å². The van der Waals surface area contributed by atoms with Gasteiger partial charge in [-0.05, 0) is 24.6 Å². The quantitative estimate of drug-likeness (QED) is 0.779. The van der Waals surface area contributed by atoms with Gasteiger partial charge in [0.2, 0.25) is 0 Å². The van der Waals surface area contributed by atoms with Crippen molar-refractivity contribution in [2.45, 2.75) is 25.8 Å². The van der Waals surface area contributed by atoms with Crippen LogP contribution in [0.25, 0.3) is 0 Å². The van der Waals surface area contributed by atoms with E-state index < -0.39 is 23.9 Å². The minimum absolute atomic E-state index is 0.0832. The smallest absolute Gasteiger partial charge is 0.326 e. The molecule has 7 heteroatoms. The van der Waals surface area contributed by atoms with Gasteiger partial charge in [-0.25, -0.2) is 14.0 Å². The van der Waals surface area contributed by atoms with Crippen molar-refractivity contribution in [1.29, 1.82) is 0 Å². The van der Waals surface area contributed by atoms with Gasteiger partial charge in [-0.1, -0.05) is 24.9 Å². The van der Waals surface area contributed by atoms with Crippen LogP contribution < -0.4 is 10.6 Å². The van der Waals surface area contributed by atoms with Crippen LogP contribution in [-0.4, -0.2) is 23.1 Å². The van der Waals surface area contributed by atoms with Gasteiger partial charge in [-0.15, -0.1) is 0 Å². The normalized spacial score (nSPS) is 11.7. The number of carbonyl (C=O) groups excluding carboxylic acids is 1. The fraction of sp³-hybridized carbons (Fsp3) is 0.333. The fourth-order valence-electron chi connectivity index (χ4n) is 1.46. The van der Waals surface area contributed by atoms with Gasteiger partial charge in [0.15, 0.2) is 0 Å². The summed E-state index contributed by atoms with van der Waals surface area (Å²) in [6.45, 7) is 1.80. The van der Waals surface area contributed by atoms with E-state index in [-0.39, 0.29) is 10.7 Å². The molecule has 1 aromatic rings. The van der Waals surface area contributed by atoms with Gasteiger partial charge >= 0.3 is 12.0 Å². The Bertz CT molecular complexity index is 482. The number of aliphatic carboxylic acids is 1. The van der Waals surface area contributed by atoms with E-state index >= 15 is 0 Å². The Morgan fingerprint density at radius 2 is 2.16 bits per heavy atom. The molecule has 0 aromatic heterocycles. The monoisotopic (exact) mass is 288 g/mol. The zero-order chi connectivity index (χ0) is 14.4. The van der Waals surface area contributed by atoms with Gasteiger partial charge < -0.3 is 15.7 Å². The Morgan fingerprint density at radius 3 is 2.74 bits per heavy atom. The minimum atomic E-state index is -1.12. The number of hydrogen-bond donors (Lipinski definition) is 3. The van der Waals surface area contributed by atoms with E-state index in [0.29, 0.717) is 12.8 Å². The second-order valence-electron chi connectivity index (χ2n) is 3.90. The summed E-state index contributed by atoms with van der Waals surface area (Å²) in [4.78, 5) is 22.5. The number of rotatable bonds is 5. The molecular weight excluding hydrogens is 275 g/mol. The number of hydrogen-bond acceptors (Lipinski definition) is 2. The molecule has 0 heterocycles. The van der Waals surface area contributed by atoms with Crippen molar-refractivity contribution in [3.05, 3.63) is 29.0 Å². The van der Waals surface area contributed by atoms with Crippen molar-refractivity contribution in [1.82, 2.24) is 5.32 Å². The van der Waals surface area contributed by atoms with Crippen molar-refractivity contribution in [3.8, 4) is 0 Å². The van der Waals surface area contributed by atoms with Crippen LogP contribution in [0.2, 0.25) is 5.02 Å². The standard InChI is InChI=1S/C12H14ClFN2O3/c1-2-3-9(11(17)18)15-12(19)16-10-6-7(14)4-5-8(10)13/h4-6,9H,2-3H2,1H3,(H,17,18)(H2,15,16,19)/t9-/m0/s1. The molecule has 5 nitrogen and oxygen atoms in total. The maximum Gasteiger partial charge on any atom is 0.326 e. The molecule has 1 aromatic carbocycles. The van der Waals surface area contributed by atoms with Crippen LogP contribution in [0.3, 0.4) is 0 Å². The summed E-state index contributed by atoms with van der Waals surface area (Å²) >= 11 is 5.78. The number of benzene rings is 1. The summed E-state index contributed by atoms with van der Waals surface area (Å²) in [7, 11) is 0. The highest BCUT2D eigenvalue weighted by Gasteiger charge is 2.19. The number of amides is 2. The highest BCUT2D eigenvalue weighted by atomic mass is 35.5.